The first-order chi connectivity index (χ1) is 6.11. The van der Waals surface area contributed by atoms with Crippen LogP contribution in [0.5, 0.6) is 0 Å². The number of Topliss-reactive ketones (excluding diaryl/α,β-unsaturated/α-hetero) is 1. The van der Waals surface area contributed by atoms with Gasteiger partial charge in [0.05, 0.1) is 12.5 Å². The molecular weight excluding hydrogens is 168 g/mol. The minimum Gasteiger partial charge on any atom is -0.466 e. The molecular formula is C10H18O3. The third kappa shape index (κ3) is 5.39. The van der Waals surface area contributed by atoms with Gasteiger partial charge in [0.25, 0.3) is 0 Å². The van der Waals surface area contributed by atoms with Gasteiger partial charge in [0.1, 0.15) is 5.78 Å². The number of esters is 1. The number of rotatable bonds is 6. The molecule has 0 saturated heterocycles. The number of carbonyl (C=O) groups excluding carboxylic acids is 2. The van der Waals surface area contributed by atoms with Crippen LogP contribution in [-0.4, -0.2) is 18.4 Å². The third-order valence-electron chi connectivity index (χ3n) is 1.79. The molecule has 0 aliphatic heterocycles. The van der Waals surface area contributed by atoms with E-state index < -0.39 is 0 Å². The highest BCUT2D eigenvalue weighted by Crippen LogP contribution is 2.13. The molecule has 0 rings (SSSR count). The van der Waals surface area contributed by atoms with Crippen LogP contribution in [0.3, 0.4) is 0 Å². The first-order valence-corrected chi connectivity index (χ1v) is 4.77. The molecule has 0 saturated carbocycles. The molecule has 0 N–H and O–H groups in total. The summed E-state index contributed by atoms with van der Waals surface area (Å²) in [6.45, 7) is 5.65. The van der Waals surface area contributed by atoms with Gasteiger partial charge in [0.15, 0.2) is 0 Å². The molecule has 0 aromatic rings. The Morgan fingerprint density at radius 2 is 1.92 bits per heavy atom. The zero-order chi connectivity index (χ0) is 10.3. The van der Waals surface area contributed by atoms with Crippen molar-refractivity contribution < 1.29 is 14.3 Å². The summed E-state index contributed by atoms with van der Waals surface area (Å²) in [5, 5.41) is 0. The second-order valence-corrected chi connectivity index (χ2v) is 3.14. The van der Waals surface area contributed by atoms with Gasteiger partial charge in [-0.2, -0.15) is 0 Å². The van der Waals surface area contributed by atoms with Crippen molar-refractivity contribution in [3.05, 3.63) is 0 Å². The molecule has 0 aromatic heterocycles. The van der Waals surface area contributed by atoms with E-state index in [0.717, 1.165) is 12.8 Å². The van der Waals surface area contributed by atoms with E-state index in [-0.39, 0.29) is 17.7 Å². The molecule has 13 heavy (non-hydrogen) atoms. The highest BCUT2D eigenvalue weighted by molar-refractivity contribution is 5.82. The SMILES string of the molecule is CCC[C@H](CC(C)=O)C(=O)OCC. The molecule has 3 nitrogen and oxygen atoms in total. The normalized spacial score (nSPS) is 12.2. The van der Waals surface area contributed by atoms with E-state index in [0.29, 0.717) is 13.0 Å². The lowest BCUT2D eigenvalue weighted by Crippen LogP contribution is -2.20. The summed E-state index contributed by atoms with van der Waals surface area (Å²) >= 11 is 0. The summed E-state index contributed by atoms with van der Waals surface area (Å²) in [5.41, 5.74) is 0. The topological polar surface area (TPSA) is 43.4 Å². The van der Waals surface area contributed by atoms with Gasteiger partial charge in [-0.3, -0.25) is 4.79 Å². The van der Waals surface area contributed by atoms with E-state index in [9.17, 15) is 9.59 Å². The Kier molecular flexibility index (Phi) is 6.20. The van der Waals surface area contributed by atoms with Crippen LogP contribution < -0.4 is 0 Å². The molecule has 0 fully saturated rings. The third-order valence-corrected chi connectivity index (χ3v) is 1.79. The van der Waals surface area contributed by atoms with E-state index in [2.05, 4.69) is 0 Å². The second kappa shape index (κ2) is 6.63. The van der Waals surface area contributed by atoms with Crippen LogP contribution >= 0.6 is 0 Å². The Bertz CT molecular complexity index is 175. The van der Waals surface area contributed by atoms with Crippen molar-refractivity contribution in [2.75, 3.05) is 6.61 Å². The summed E-state index contributed by atoms with van der Waals surface area (Å²) in [5.74, 6) is -0.423. The molecule has 0 unspecified atom stereocenters. The Labute approximate surface area is 79.5 Å². The highest BCUT2D eigenvalue weighted by Gasteiger charge is 2.20. The van der Waals surface area contributed by atoms with Crippen LogP contribution in [0.2, 0.25) is 0 Å². The predicted octanol–water partition coefficient (Wildman–Crippen LogP) is 1.94. The molecule has 0 aliphatic carbocycles. The van der Waals surface area contributed by atoms with Gasteiger partial charge >= 0.3 is 5.97 Å². The molecule has 0 aromatic carbocycles. The average Bonchev–Trinajstić information content (AvgIpc) is 2.03. The Morgan fingerprint density at radius 1 is 1.31 bits per heavy atom. The summed E-state index contributed by atoms with van der Waals surface area (Å²) in [7, 11) is 0. The lowest BCUT2D eigenvalue weighted by atomic mass is 9.98. The fraction of sp³-hybridized carbons (Fsp3) is 0.800. The van der Waals surface area contributed by atoms with Crippen LogP contribution in [0.15, 0.2) is 0 Å². The van der Waals surface area contributed by atoms with Gasteiger partial charge in [-0.25, -0.2) is 0 Å². The number of hydrogen-bond donors (Lipinski definition) is 0. The Morgan fingerprint density at radius 3 is 2.31 bits per heavy atom. The molecule has 0 heterocycles. The van der Waals surface area contributed by atoms with Gasteiger partial charge in [-0.15, -0.1) is 0 Å². The summed E-state index contributed by atoms with van der Waals surface area (Å²) in [4.78, 5) is 22.1. The number of carbonyl (C=O) groups is 2. The van der Waals surface area contributed by atoms with Crippen molar-refractivity contribution in [2.45, 2.75) is 40.0 Å². The molecule has 0 radical (unpaired) electrons. The van der Waals surface area contributed by atoms with Gasteiger partial charge in [0, 0.05) is 6.42 Å². The second-order valence-electron chi connectivity index (χ2n) is 3.14. The molecule has 0 bridgehead atoms. The van der Waals surface area contributed by atoms with Crippen molar-refractivity contribution in [3.63, 3.8) is 0 Å². The van der Waals surface area contributed by atoms with Crippen molar-refractivity contribution >= 4 is 11.8 Å². The van der Waals surface area contributed by atoms with Gasteiger partial charge in [-0.1, -0.05) is 13.3 Å². The Hall–Kier alpha value is -0.860. The average molecular weight is 186 g/mol. The van der Waals surface area contributed by atoms with Crippen molar-refractivity contribution in [2.24, 2.45) is 5.92 Å². The predicted molar refractivity (Wildman–Crippen MR) is 50.3 cm³/mol. The van der Waals surface area contributed by atoms with Crippen LogP contribution in [-0.2, 0) is 14.3 Å². The lowest BCUT2D eigenvalue weighted by Gasteiger charge is -2.12. The van der Waals surface area contributed by atoms with Crippen molar-refractivity contribution in [1.29, 1.82) is 0 Å². The van der Waals surface area contributed by atoms with Gasteiger partial charge in [0.2, 0.25) is 0 Å². The fourth-order valence-corrected chi connectivity index (χ4v) is 1.26. The summed E-state index contributed by atoms with van der Waals surface area (Å²) in [6, 6.07) is 0. The maximum absolute atomic E-state index is 11.3. The molecule has 1 atom stereocenters. The largest absolute Gasteiger partial charge is 0.466 e. The molecule has 0 aliphatic rings. The number of hydrogen-bond acceptors (Lipinski definition) is 3. The van der Waals surface area contributed by atoms with Gasteiger partial charge < -0.3 is 9.53 Å². The van der Waals surface area contributed by atoms with Crippen LogP contribution in [0.25, 0.3) is 0 Å². The van der Waals surface area contributed by atoms with E-state index in [1.165, 1.54) is 6.92 Å². The maximum Gasteiger partial charge on any atom is 0.309 e. The summed E-state index contributed by atoms with van der Waals surface area (Å²) in [6.07, 6.45) is 1.95. The zero-order valence-electron chi connectivity index (χ0n) is 8.63. The molecule has 3 heteroatoms. The molecule has 76 valence electrons. The molecule has 0 spiro atoms. The lowest BCUT2D eigenvalue weighted by molar-refractivity contribution is -0.149. The minimum atomic E-state index is -0.237. The first-order valence-electron chi connectivity index (χ1n) is 4.77. The zero-order valence-corrected chi connectivity index (χ0v) is 8.63. The van der Waals surface area contributed by atoms with Crippen molar-refractivity contribution in [1.82, 2.24) is 0 Å². The van der Waals surface area contributed by atoms with Crippen molar-refractivity contribution in [3.8, 4) is 0 Å². The Balaban J connectivity index is 4.06. The van der Waals surface area contributed by atoms with Crippen LogP contribution in [0.1, 0.15) is 40.0 Å². The first kappa shape index (κ1) is 12.1. The number of ether oxygens (including phenoxy) is 1. The van der Waals surface area contributed by atoms with E-state index >= 15 is 0 Å². The summed E-state index contributed by atoms with van der Waals surface area (Å²) < 4.78 is 4.87. The molecule has 0 amide bonds. The monoisotopic (exact) mass is 186 g/mol. The highest BCUT2D eigenvalue weighted by atomic mass is 16.5. The van der Waals surface area contributed by atoms with E-state index in [4.69, 9.17) is 4.74 Å². The van der Waals surface area contributed by atoms with Crippen LogP contribution in [0.4, 0.5) is 0 Å². The maximum atomic E-state index is 11.3. The van der Waals surface area contributed by atoms with E-state index in [1.807, 2.05) is 6.92 Å². The van der Waals surface area contributed by atoms with E-state index in [1.54, 1.807) is 6.92 Å². The number of ketones is 1. The minimum absolute atomic E-state index is 0.0477. The standard InChI is InChI=1S/C10H18O3/c1-4-6-9(7-8(3)11)10(12)13-5-2/h9H,4-7H2,1-3H3/t9-/m1/s1. The smallest absolute Gasteiger partial charge is 0.309 e. The quantitative estimate of drug-likeness (QED) is 0.595. The van der Waals surface area contributed by atoms with Gasteiger partial charge in [-0.05, 0) is 20.3 Å². The fourth-order valence-electron chi connectivity index (χ4n) is 1.26. The van der Waals surface area contributed by atoms with Crippen LogP contribution in [0, 0.1) is 5.92 Å².